The highest BCUT2D eigenvalue weighted by Crippen LogP contribution is 2.11. The van der Waals surface area contributed by atoms with Gasteiger partial charge in [0.05, 0.1) is 13.2 Å². The van der Waals surface area contributed by atoms with Crippen molar-refractivity contribution < 1.29 is 23.9 Å². The first-order valence-electron chi connectivity index (χ1n) is 11.2. The third-order valence-corrected chi connectivity index (χ3v) is 5.38. The van der Waals surface area contributed by atoms with E-state index in [-0.39, 0.29) is 29.7 Å². The van der Waals surface area contributed by atoms with Gasteiger partial charge in [0.25, 0.3) is 0 Å². The minimum atomic E-state index is -0.852. The van der Waals surface area contributed by atoms with Gasteiger partial charge in [-0.3, -0.25) is 14.4 Å². The van der Waals surface area contributed by atoms with Gasteiger partial charge in [0.15, 0.2) is 0 Å². The number of nitrogens with one attached hydrogen (secondary N) is 4. The number of ether oxygens (including phenoxy) is 1. The molecule has 1 rings (SSSR count). The molecule has 178 valence electrons. The normalized spacial score (nSPS) is 19.1. The van der Waals surface area contributed by atoms with E-state index in [2.05, 4.69) is 21.3 Å². The number of hydrogen-bond donors (Lipinski definition) is 4. The van der Waals surface area contributed by atoms with Gasteiger partial charge in [0, 0.05) is 0 Å². The largest absolute Gasteiger partial charge is 0.467 e. The number of methoxy groups -OCH3 is 1. The van der Waals surface area contributed by atoms with Gasteiger partial charge in [-0.05, 0) is 43.6 Å². The standard InChI is InChI=1S/C22H40N4O5/c1-12(2)11-16(24-19(27)15-9-8-10-23-15)20(28)25-17(13(3)4)21(29)26-18(14(5)6)22(30)31-7/h12-18,23H,8-11H2,1-7H3,(H,24,27)(H,25,28)(H,26,29)/t15-,16-,17-,18-/m0/s1. The molecule has 0 spiro atoms. The maximum absolute atomic E-state index is 13.0. The van der Waals surface area contributed by atoms with Gasteiger partial charge in [0.2, 0.25) is 17.7 Å². The topological polar surface area (TPSA) is 126 Å². The van der Waals surface area contributed by atoms with Crippen LogP contribution in [-0.4, -0.2) is 61.5 Å². The highest BCUT2D eigenvalue weighted by atomic mass is 16.5. The number of hydrogen-bond acceptors (Lipinski definition) is 6. The van der Waals surface area contributed by atoms with Crippen molar-refractivity contribution in [2.24, 2.45) is 17.8 Å². The second-order valence-corrected chi connectivity index (χ2v) is 9.32. The van der Waals surface area contributed by atoms with Crippen LogP contribution in [0.2, 0.25) is 0 Å². The van der Waals surface area contributed by atoms with Crippen LogP contribution in [0.3, 0.4) is 0 Å². The van der Waals surface area contributed by atoms with E-state index in [0.717, 1.165) is 19.4 Å². The molecule has 4 N–H and O–H groups in total. The maximum Gasteiger partial charge on any atom is 0.328 e. The van der Waals surface area contributed by atoms with Crippen LogP contribution < -0.4 is 21.3 Å². The zero-order chi connectivity index (χ0) is 23.7. The maximum atomic E-state index is 13.0. The summed E-state index contributed by atoms with van der Waals surface area (Å²) >= 11 is 0. The van der Waals surface area contributed by atoms with Crippen LogP contribution in [-0.2, 0) is 23.9 Å². The van der Waals surface area contributed by atoms with Gasteiger partial charge in [-0.2, -0.15) is 0 Å². The van der Waals surface area contributed by atoms with Gasteiger partial charge in [0.1, 0.15) is 18.1 Å². The van der Waals surface area contributed by atoms with E-state index in [4.69, 9.17) is 4.74 Å². The first kappa shape index (κ1) is 26.9. The van der Waals surface area contributed by atoms with Crippen molar-refractivity contribution in [1.29, 1.82) is 0 Å². The van der Waals surface area contributed by atoms with Crippen molar-refractivity contribution in [2.45, 2.75) is 85.0 Å². The number of carbonyl (C=O) groups excluding carboxylic acids is 4. The van der Waals surface area contributed by atoms with Gasteiger partial charge < -0.3 is 26.0 Å². The molecule has 0 aromatic rings. The molecule has 0 aromatic carbocycles. The van der Waals surface area contributed by atoms with Crippen LogP contribution >= 0.6 is 0 Å². The average Bonchev–Trinajstić information content (AvgIpc) is 3.22. The van der Waals surface area contributed by atoms with E-state index >= 15 is 0 Å². The Morgan fingerprint density at radius 1 is 0.903 bits per heavy atom. The molecule has 0 aliphatic carbocycles. The molecule has 1 aliphatic heterocycles. The van der Waals surface area contributed by atoms with E-state index in [9.17, 15) is 19.2 Å². The van der Waals surface area contributed by atoms with Crippen LogP contribution in [0.25, 0.3) is 0 Å². The SMILES string of the molecule is COC(=O)[C@@H](NC(=O)[C@@H](NC(=O)[C@H](CC(C)C)NC(=O)[C@@H]1CCCN1)C(C)C)C(C)C. The van der Waals surface area contributed by atoms with E-state index in [1.807, 2.05) is 27.7 Å². The quantitative estimate of drug-likeness (QED) is 0.351. The average molecular weight is 441 g/mol. The zero-order valence-electron chi connectivity index (χ0n) is 19.9. The lowest BCUT2D eigenvalue weighted by Gasteiger charge is -2.28. The molecule has 0 unspecified atom stereocenters. The van der Waals surface area contributed by atoms with Crippen LogP contribution in [0.1, 0.15) is 60.8 Å². The summed E-state index contributed by atoms with van der Waals surface area (Å²) in [6.45, 7) is 11.9. The van der Waals surface area contributed by atoms with Crippen LogP contribution in [0, 0.1) is 17.8 Å². The van der Waals surface area contributed by atoms with Gasteiger partial charge >= 0.3 is 5.97 Å². The Morgan fingerprint density at radius 2 is 1.48 bits per heavy atom. The zero-order valence-corrected chi connectivity index (χ0v) is 19.9. The van der Waals surface area contributed by atoms with Crippen molar-refractivity contribution in [2.75, 3.05) is 13.7 Å². The van der Waals surface area contributed by atoms with Crippen molar-refractivity contribution in [1.82, 2.24) is 21.3 Å². The first-order valence-corrected chi connectivity index (χ1v) is 11.2. The smallest absolute Gasteiger partial charge is 0.328 e. The first-order chi connectivity index (χ1) is 14.5. The molecule has 0 aromatic heterocycles. The molecule has 3 amide bonds. The van der Waals surface area contributed by atoms with Crippen LogP contribution in [0.5, 0.6) is 0 Å². The fourth-order valence-corrected chi connectivity index (χ4v) is 3.54. The Kier molecular flexibility index (Phi) is 11.0. The number of esters is 1. The minimum Gasteiger partial charge on any atom is -0.467 e. The number of carbonyl (C=O) groups is 4. The lowest BCUT2D eigenvalue weighted by atomic mass is 9.98. The van der Waals surface area contributed by atoms with Crippen molar-refractivity contribution in [3.8, 4) is 0 Å². The van der Waals surface area contributed by atoms with Crippen LogP contribution in [0.15, 0.2) is 0 Å². The van der Waals surface area contributed by atoms with Crippen molar-refractivity contribution in [3.05, 3.63) is 0 Å². The summed E-state index contributed by atoms with van der Waals surface area (Å²) in [5, 5.41) is 11.4. The molecule has 1 heterocycles. The molecular weight excluding hydrogens is 400 g/mol. The van der Waals surface area contributed by atoms with Crippen molar-refractivity contribution >= 4 is 23.7 Å². The number of amides is 3. The highest BCUT2D eigenvalue weighted by molar-refractivity contribution is 5.94. The summed E-state index contributed by atoms with van der Waals surface area (Å²) in [5.74, 6) is -1.83. The number of rotatable bonds is 11. The second kappa shape index (κ2) is 12.6. The van der Waals surface area contributed by atoms with E-state index < -0.39 is 35.9 Å². The minimum absolute atomic E-state index is 0.170. The van der Waals surface area contributed by atoms with Gasteiger partial charge in [-0.1, -0.05) is 41.5 Å². The lowest BCUT2D eigenvalue weighted by Crippen LogP contribution is -2.59. The lowest BCUT2D eigenvalue weighted by molar-refractivity contribution is -0.147. The molecule has 31 heavy (non-hydrogen) atoms. The Labute approximate surface area is 185 Å². The third kappa shape index (κ3) is 8.47. The molecule has 9 heteroatoms. The summed E-state index contributed by atoms with van der Waals surface area (Å²) in [6.07, 6.45) is 2.11. The molecule has 1 aliphatic rings. The summed E-state index contributed by atoms with van der Waals surface area (Å²) < 4.78 is 4.78. The molecule has 1 saturated heterocycles. The summed E-state index contributed by atoms with van der Waals surface area (Å²) in [4.78, 5) is 50.5. The molecule has 0 bridgehead atoms. The third-order valence-electron chi connectivity index (χ3n) is 5.38. The fraction of sp³-hybridized carbons (Fsp3) is 0.818. The summed E-state index contributed by atoms with van der Waals surface area (Å²) in [7, 11) is 1.27. The van der Waals surface area contributed by atoms with Crippen LogP contribution in [0.4, 0.5) is 0 Å². The predicted molar refractivity (Wildman–Crippen MR) is 118 cm³/mol. The molecule has 9 nitrogen and oxygen atoms in total. The monoisotopic (exact) mass is 440 g/mol. The highest BCUT2D eigenvalue weighted by Gasteiger charge is 2.33. The Hall–Kier alpha value is -2.16. The Balaban J connectivity index is 2.90. The summed E-state index contributed by atoms with van der Waals surface area (Å²) in [6, 6.07) is -2.70. The summed E-state index contributed by atoms with van der Waals surface area (Å²) in [5.41, 5.74) is 0. The molecule has 1 fully saturated rings. The fourth-order valence-electron chi connectivity index (χ4n) is 3.54. The second-order valence-electron chi connectivity index (χ2n) is 9.32. The Bertz CT molecular complexity index is 629. The van der Waals surface area contributed by atoms with Crippen molar-refractivity contribution in [3.63, 3.8) is 0 Å². The van der Waals surface area contributed by atoms with Gasteiger partial charge in [-0.25, -0.2) is 4.79 Å². The molecular formula is C22H40N4O5. The van der Waals surface area contributed by atoms with E-state index in [1.165, 1.54) is 7.11 Å². The van der Waals surface area contributed by atoms with E-state index in [0.29, 0.717) is 6.42 Å². The molecule has 0 radical (unpaired) electrons. The molecule has 4 atom stereocenters. The molecule has 0 saturated carbocycles. The van der Waals surface area contributed by atoms with E-state index in [1.54, 1.807) is 13.8 Å². The van der Waals surface area contributed by atoms with Gasteiger partial charge in [-0.15, -0.1) is 0 Å². The predicted octanol–water partition coefficient (Wildman–Crippen LogP) is 0.724. The Morgan fingerprint density at radius 3 is 1.94 bits per heavy atom.